The number of aryl methyl sites for hydroxylation is 2. The average Bonchev–Trinajstić information content (AvgIpc) is 3.59. The molecular formula is C28H34N8. The Morgan fingerprint density at radius 2 is 1.89 bits per heavy atom. The van der Waals surface area contributed by atoms with Gasteiger partial charge in [0.05, 0.1) is 12.2 Å². The molecule has 5 aromatic rings. The number of aromatic nitrogens is 7. The topological polar surface area (TPSA) is 79.9 Å². The van der Waals surface area contributed by atoms with Crippen LogP contribution in [0.5, 0.6) is 0 Å². The number of rotatable bonds is 5. The molecule has 8 nitrogen and oxygen atoms in total. The Morgan fingerprint density at radius 1 is 1.08 bits per heavy atom. The monoisotopic (exact) mass is 482 g/mol. The summed E-state index contributed by atoms with van der Waals surface area (Å²) in [5.41, 5.74) is 9.78. The molecule has 0 radical (unpaired) electrons. The number of benzene rings is 1. The van der Waals surface area contributed by atoms with Gasteiger partial charge in [-0.3, -0.25) is 9.58 Å². The van der Waals surface area contributed by atoms with Gasteiger partial charge in [-0.1, -0.05) is 19.9 Å². The summed E-state index contributed by atoms with van der Waals surface area (Å²) in [6, 6.07) is 7.05. The molecule has 8 heteroatoms. The number of likely N-dealkylation sites (tertiary alicyclic amines) is 1. The summed E-state index contributed by atoms with van der Waals surface area (Å²) in [6.45, 7) is 11.9. The zero-order valence-corrected chi connectivity index (χ0v) is 21.8. The van der Waals surface area contributed by atoms with E-state index in [9.17, 15) is 0 Å². The van der Waals surface area contributed by atoms with Crippen molar-refractivity contribution in [2.45, 2.75) is 58.9 Å². The molecule has 1 N–H and O–H groups in total. The largest absolute Gasteiger partial charge is 0.354 e. The van der Waals surface area contributed by atoms with Crippen LogP contribution in [-0.4, -0.2) is 52.3 Å². The number of nitrogens with zero attached hydrogens (tertiary/aromatic N) is 7. The van der Waals surface area contributed by atoms with Gasteiger partial charge in [0.15, 0.2) is 11.5 Å². The average molecular weight is 483 g/mol. The molecule has 0 unspecified atom stereocenters. The van der Waals surface area contributed by atoms with E-state index < -0.39 is 0 Å². The summed E-state index contributed by atoms with van der Waals surface area (Å²) in [6.07, 6.45) is 7.85. The first-order valence-corrected chi connectivity index (χ1v) is 12.9. The molecule has 1 fully saturated rings. The fraction of sp³-hybridized carbons (Fsp3) is 0.429. The van der Waals surface area contributed by atoms with Crippen molar-refractivity contribution >= 4 is 16.6 Å². The molecule has 0 amide bonds. The van der Waals surface area contributed by atoms with Gasteiger partial charge in [-0.2, -0.15) is 10.2 Å². The highest BCUT2D eigenvalue weighted by Crippen LogP contribution is 2.40. The normalized spacial score (nSPS) is 15.6. The van der Waals surface area contributed by atoms with E-state index in [1.807, 2.05) is 11.6 Å². The molecule has 0 bridgehead atoms. The van der Waals surface area contributed by atoms with Crippen LogP contribution < -0.4 is 0 Å². The number of H-pyrrole nitrogens is 1. The summed E-state index contributed by atoms with van der Waals surface area (Å²) in [7, 11) is 1.92. The van der Waals surface area contributed by atoms with Crippen LogP contribution in [0.3, 0.4) is 0 Å². The van der Waals surface area contributed by atoms with E-state index in [1.54, 1.807) is 17.3 Å². The van der Waals surface area contributed by atoms with Crippen molar-refractivity contribution in [3.05, 3.63) is 65.1 Å². The number of aromatic amines is 1. The van der Waals surface area contributed by atoms with Gasteiger partial charge in [-0.25, -0.2) is 14.5 Å². The molecule has 36 heavy (non-hydrogen) atoms. The molecule has 5 heterocycles. The number of nitrogens with one attached hydrogen (secondary N) is 1. The lowest BCUT2D eigenvalue weighted by molar-refractivity contribution is 0.200. The Hall–Kier alpha value is -3.52. The molecule has 0 saturated carbocycles. The third-order valence-corrected chi connectivity index (χ3v) is 7.91. The first-order chi connectivity index (χ1) is 17.4. The molecule has 6 rings (SSSR count). The van der Waals surface area contributed by atoms with Gasteiger partial charge in [0.1, 0.15) is 12.7 Å². The molecule has 0 spiro atoms. The molecule has 4 aromatic heterocycles. The second-order valence-corrected chi connectivity index (χ2v) is 10.6. The predicted octanol–water partition coefficient (Wildman–Crippen LogP) is 5.13. The highest BCUT2D eigenvalue weighted by Gasteiger charge is 2.24. The van der Waals surface area contributed by atoms with Crippen molar-refractivity contribution in [1.29, 1.82) is 0 Å². The predicted molar refractivity (Wildman–Crippen MR) is 142 cm³/mol. The van der Waals surface area contributed by atoms with Crippen molar-refractivity contribution < 1.29 is 0 Å². The van der Waals surface area contributed by atoms with E-state index in [0.29, 0.717) is 11.8 Å². The Balaban J connectivity index is 1.32. The van der Waals surface area contributed by atoms with Crippen LogP contribution in [0.25, 0.3) is 27.8 Å². The number of hydrogen-bond donors (Lipinski definition) is 1. The first-order valence-electron chi connectivity index (χ1n) is 12.9. The van der Waals surface area contributed by atoms with E-state index in [-0.39, 0.29) is 0 Å². The van der Waals surface area contributed by atoms with Crippen LogP contribution in [0.1, 0.15) is 66.6 Å². The van der Waals surface area contributed by atoms with Crippen molar-refractivity contribution in [2.24, 2.45) is 7.05 Å². The molecule has 1 aliphatic rings. The van der Waals surface area contributed by atoms with Crippen LogP contribution in [0.2, 0.25) is 0 Å². The van der Waals surface area contributed by atoms with Crippen LogP contribution in [0, 0.1) is 13.8 Å². The Morgan fingerprint density at radius 3 is 2.61 bits per heavy atom. The quantitative estimate of drug-likeness (QED) is 0.376. The summed E-state index contributed by atoms with van der Waals surface area (Å²) >= 11 is 0. The smallest absolute Gasteiger partial charge is 0.164 e. The molecule has 1 saturated heterocycles. The Kier molecular flexibility index (Phi) is 5.63. The van der Waals surface area contributed by atoms with Gasteiger partial charge in [-0.15, -0.1) is 0 Å². The van der Waals surface area contributed by atoms with E-state index in [2.05, 4.69) is 82.1 Å². The van der Waals surface area contributed by atoms with Gasteiger partial charge < -0.3 is 4.98 Å². The minimum absolute atomic E-state index is 0.392. The molecule has 1 aliphatic heterocycles. The lowest BCUT2D eigenvalue weighted by atomic mass is 9.87. The summed E-state index contributed by atoms with van der Waals surface area (Å²) < 4.78 is 3.68. The first kappa shape index (κ1) is 22.9. The number of fused-ring (bicyclic) bond motifs is 2. The third-order valence-electron chi connectivity index (χ3n) is 7.91. The van der Waals surface area contributed by atoms with Gasteiger partial charge in [0, 0.05) is 29.7 Å². The zero-order valence-electron chi connectivity index (χ0n) is 21.8. The molecular weight excluding hydrogens is 448 g/mol. The molecule has 0 atom stereocenters. The second-order valence-electron chi connectivity index (χ2n) is 10.6. The minimum atomic E-state index is 0.392. The Bertz CT molecular complexity index is 1540. The van der Waals surface area contributed by atoms with Gasteiger partial charge >= 0.3 is 0 Å². The fourth-order valence-electron chi connectivity index (χ4n) is 5.83. The summed E-state index contributed by atoms with van der Waals surface area (Å²) in [5, 5.41) is 10.2. The third kappa shape index (κ3) is 3.89. The lowest BCUT2D eigenvalue weighted by Gasteiger charge is -2.31. The molecule has 1 aromatic carbocycles. The maximum atomic E-state index is 4.45. The number of piperidine rings is 1. The lowest BCUT2D eigenvalue weighted by Crippen LogP contribution is -2.32. The highest BCUT2D eigenvalue weighted by molar-refractivity contribution is 5.92. The van der Waals surface area contributed by atoms with Gasteiger partial charge in [-0.05, 0) is 86.0 Å². The standard InChI is InChI=1S/C28H34N8/c1-17(2)26-22-12-21(20-8-10-35(11-9-20)14-25-30-16-34(5)33-25)6-7-24(22)32-27(26)23-13-36-28(29-15-31-36)19(4)18(23)3/h6-7,12-13,15-17,20,32H,8-11,14H2,1-5H3. The van der Waals surface area contributed by atoms with Crippen molar-refractivity contribution in [3.63, 3.8) is 0 Å². The van der Waals surface area contributed by atoms with Crippen LogP contribution in [0.4, 0.5) is 0 Å². The molecule has 186 valence electrons. The highest BCUT2D eigenvalue weighted by atomic mass is 15.3. The van der Waals surface area contributed by atoms with Crippen molar-refractivity contribution in [3.8, 4) is 11.3 Å². The summed E-state index contributed by atoms with van der Waals surface area (Å²) in [4.78, 5) is 15.1. The van der Waals surface area contributed by atoms with E-state index in [4.69, 9.17) is 0 Å². The van der Waals surface area contributed by atoms with Gasteiger partial charge in [0.2, 0.25) is 0 Å². The van der Waals surface area contributed by atoms with Crippen LogP contribution in [-0.2, 0) is 13.6 Å². The van der Waals surface area contributed by atoms with Gasteiger partial charge in [0.25, 0.3) is 0 Å². The van der Waals surface area contributed by atoms with Crippen molar-refractivity contribution in [1.82, 2.24) is 39.2 Å². The summed E-state index contributed by atoms with van der Waals surface area (Å²) in [5.74, 6) is 1.88. The Labute approximate surface area is 211 Å². The van der Waals surface area contributed by atoms with Crippen LogP contribution in [0.15, 0.2) is 37.1 Å². The SMILES string of the molecule is Cc1c(-c2[nH]c3ccc(C4CCN(Cc5ncn(C)n5)CC4)cc3c2C(C)C)cn2ncnc2c1C. The number of pyridine rings is 1. The zero-order chi connectivity index (χ0) is 25.0. The number of hydrogen-bond acceptors (Lipinski definition) is 5. The van der Waals surface area contributed by atoms with Crippen LogP contribution >= 0.6 is 0 Å². The van der Waals surface area contributed by atoms with E-state index in [1.165, 1.54) is 44.4 Å². The maximum absolute atomic E-state index is 4.45. The van der Waals surface area contributed by atoms with Crippen molar-refractivity contribution in [2.75, 3.05) is 13.1 Å². The van der Waals surface area contributed by atoms with E-state index in [0.717, 1.165) is 43.9 Å². The fourth-order valence-corrected chi connectivity index (χ4v) is 5.83. The second kappa shape index (κ2) is 8.85. The molecule has 0 aliphatic carbocycles. The van der Waals surface area contributed by atoms with E-state index >= 15 is 0 Å². The maximum Gasteiger partial charge on any atom is 0.164 e. The minimum Gasteiger partial charge on any atom is -0.354 e.